The third-order valence-electron chi connectivity index (χ3n) is 2.67. The van der Waals surface area contributed by atoms with Gasteiger partial charge in [0.1, 0.15) is 12.4 Å². The van der Waals surface area contributed by atoms with Crippen molar-refractivity contribution in [2.75, 3.05) is 7.11 Å². The van der Waals surface area contributed by atoms with Gasteiger partial charge in [0.25, 0.3) is 0 Å². The number of methoxy groups -OCH3 is 1. The maximum atomic E-state index is 5.89. The van der Waals surface area contributed by atoms with Crippen LogP contribution in [0.3, 0.4) is 0 Å². The minimum Gasteiger partial charge on any atom is -0.496 e. The van der Waals surface area contributed by atoms with E-state index in [2.05, 4.69) is 5.16 Å². The molecule has 0 unspecified atom stereocenters. The minimum absolute atomic E-state index is 0.268. The van der Waals surface area contributed by atoms with Gasteiger partial charge in [0, 0.05) is 5.02 Å². The summed E-state index contributed by atoms with van der Waals surface area (Å²) in [6, 6.07) is 14.7. The van der Waals surface area contributed by atoms with E-state index in [4.69, 9.17) is 26.9 Å². The number of rotatable bonds is 5. The van der Waals surface area contributed by atoms with E-state index in [1.807, 2.05) is 42.5 Å². The standard InChI is InChI=1S/C15H15ClN2O2/c1-19-14-8-3-2-7-13(14)15(17)18-20-10-11-5-4-6-12(16)9-11/h2-9H,10H2,1H3,(H2,17,18). The van der Waals surface area contributed by atoms with Crippen LogP contribution in [0.25, 0.3) is 0 Å². The van der Waals surface area contributed by atoms with Crippen LogP contribution >= 0.6 is 11.6 Å². The van der Waals surface area contributed by atoms with Crippen molar-refractivity contribution in [3.05, 3.63) is 64.7 Å². The summed E-state index contributed by atoms with van der Waals surface area (Å²) in [5.74, 6) is 0.921. The first-order valence-corrected chi connectivity index (χ1v) is 6.42. The molecule has 104 valence electrons. The Kier molecular flexibility index (Phi) is 4.85. The molecular formula is C15H15ClN2O2. The molecule has 0 aliphatic rings. The smallest absolute Gasteiger partial charge is 0.174 e. The second-order valence-electron chi connectivity index (χ2n) is 4.08. The first-order valence-electron chi connectivity index (χ1n) is 6.04. The van der Waals surface area contributed by atoms with Crippen LogP contribution in [0.1, 0.15) is 11.1 Å². The van der Waals surface area contributed by atoms with Crippen LogP contribution in [0.4, 0.5) is 0 Å². The Morgan fingerprint density at radius 2 is 2.00 bits per heavy atom. The van der Waals surface area contributed by atoms with Crippen molar-refractivity contribution >= 4 is 17.4 Å². The number of halogens is 1. The van der Waals surface area contributed by atoms with E-state index in [9.17, 15) is 0 Å². The molecule has 0 saturated carbocycles. The molecule has 0 aliphatic carbocycles. The molecule has 5 heteroatoms. The van der Waals surface area contributed by atoms with Gasteiger partial charge in [-0.3, -0.25) is 0 Å². The van der Waals surface area contributed by atoms with Crippen molar-refractivity contribution in [1.29, 1.82) is 0 Å². The summed E-state index contributed by atoms with van der Waals surface area (Å²) >= 11 is 5.89. The Labute approximate surface area is 122 Å². The van der Waals surface area contributed by atoms with Gasteiger partial charge in [0.2, 0.25) is 0 Å². The Bertz CT molecular complexity index is 614. The first kappa shape index (κ1) is 14.2. The van der Waals surface area contributed by atoms with Gasteiger partial charge in [0.15, 0.2) is 5.84 Å². The number of hydrogen-bond acceptors (Lipinski definition) is 3. The first-order chi connectivity index (χ1) is 9.70. The predicted octanol–water partition coefficient (Wildman–Crippen LogP) is 3.19. The highest BCUT2D eigenvalue weighted by Gasteiger charge is 2.06. The lowest BCUT2D eigenvalue weighted by Crippen LogP contribution is -2.15. The van der Waals surface area contributed by atoms with E-state index in [1.165, 1.54) is 0 Å². The zero-order valence-electron chi connectivity index (χ0n) is 11.0. The number of nitrogens with zero attached hydrogens (tertiary/aromatic N) is 1. The van der Waals surface area contributed by atoms with Gasteiger partial charge in [-0.1, -0.05) is 41.0 Å². The number of hydrogen-bond donors (Lipinski definition) is 1. The summed E-state index contributed by atoms with van der Waals surface area (Å²) in [5, 5.41) is 4.56. The van der Waals surface area contributed by atoms with Gasteiger partial charge in [-0.2, -0.15) is 0 Å². The number of amidine groups is 1. The molecule has 20 heavy (non-hydrogen) atoms. The molecule has 0 heterocycles. The van der Waals surface area contributed by atoms with Crippen molar-refractivity contribution < 1.29 is 9.57 Å². The third kappa shape index (κ3) is 3.65. The maximum Gasteiger partial charge on any atom is 0.174 e. The Morgan fingerprint density at radius 1 is 1.20 bits per heavy atom. The number of ether oxygens (including phenoxy) is 1. The topological polar surface area (TPSA) is 56.8 Å². The summed E-state index contributed by atoms with van der Waals surface area (Å²) in [6.45, 7) is 0.302. The summed E-state index contributed by atoms with van der Waals surface area (Å²) in [7, 11) is 1.58. The van der Waals surface area contributed by atoms with Crippen molar-refractivity contribution in [3.8, 4) is 5.75 Å². The molecule has 2 N–H and O–H groups in total. The van der Waals surface area contributed by atoms with Gasteiger partial charge in [-0.15, -0.1) is 0 Å². The van der Waals surface area contributed by atoms with Gasteiger partial charge in [-0.25, -0.2) is 0 Å². The second-order valence-corrected chi connectivity index (χ2v) is 4.52. The minimum atomic E-state index is 0.268. The van der Waals surface area contributed by atoms with Crippen molar-refractivity contribution in [1.82, 2.24) is 0 Å². The molecule has 0 saturated heterocycles. The van der Waals surface area contributed by atoms with Crippen LogP contribution in [0.2, 0.25) is 5.02 Å². The predicted molar refractivity (Wildman–Crippen MR) is 80.0 cm³/mol. The molecule has 0 aliphatic heterocycles. The van der Waals surface area contributed by atoms with E-state index < -0.39 is 0 Å². The summed E-state index contributed by atoms with van der Waals surface area (Å²) in [4.78, 5) is 5.24. The highest BCUT2D eigenvalue weighted by molar-refractivity contribution is 6.30. The lowest BCUT2D eigenvalue weighted by Gasteiger charge is -2.07. The Morgan fingerprint density at radius 3 is 2.75 bits per heavy atom. The largest absolute Gasteiger partial charge is 0.496 e. The monoisotopic (exact) mass is 290 g/mol. The fourth-order valence-electron chi connectivity index (χ4n) is 1.71. The lowest BCUT2D eigenvalue weighted by molar-refractivity contribution is 0.130. The van der Waals surface area contributed by atoms with Crippen molar-refractivity contribution in [3.63, 3.8) is 0 Å². The zero-order chi connectivity index (χ0) is 14.4. The van der Waals surface area contributed by atoms with E-state index >= 15 is 0 Å². The van der Waals surface area contributed by atoms with Crippen LogP contribution in [-0.4, -0.2) is 12.9 Å². The molecule has 0 bridgehead atoms. The Balaban J connectivity index is 2.04. The molecular weight excluding hydrogens is 276 g/mol. The second kappa shape index (κ2) is 6.82. The average Bonchev–Trinajstić information content (AvgIpc) is 2.47. The molecule has 2 aromatic rings. The number of benzene rings is 2. The number of para-hydroxylation sites is 1. The normalized spacial score (nSPS) is 11.2. The van der Waals surface area contributed by atoms with Crippen molar-refractivity contribution in [2.24, 2.45) is 10.9 Å². The maximum absolute atomic E-state index is 5.89. The number of oxime groups is 1. The highest BCUT2D eigenvalue weighted by Crippen LogP contribution is 2.17. The molecule has 4 nitrogen and oxygen atoms in total. The molecule has 0 fully saturated rings. The summed E-state index contributed by atoms with van der Waals surface area (Å²) < 4.78 is 5.21. The average molecular weight is 291 g/mol. The van der Waals surface area contributed by atoms with Gasteiger partial charge >= 0.3 is 0 Å². The van der Waals surface area contributed by atoms with Gasteiger partial charge in [0.05, 0.1) is 12.7 Å². The van der Waals surface area contributed by atoms with Crippen LogP contribution in [0, 0.1) is 0 Å². The van der Waals surface area contributed by atoms with E-state index in [1.54, 1.807) is 13.2 Å². The highest BCUT2D eigenvalue weighted by atomic mass is 35.5. The molecule has 2 aromatic carbocycles. The molecule has 0 radical (unpaired) electrons. The third-order valence-corrected chi connectivity index (χ3v) is 2.90. The molecule has 0 amide bonds. The SMILES string of the molecule is COc1ccccc1/C(N)=N/OCc1cccc(Cl)c1. The fraction of sp³-hybridized carbons (Fsp3) is 0.133. The van der Waals surface area contributed by atoms with E-state index in [-0.39, 0.29) is 5.84 Å². The summed E-state index contributed by atoms with van der Waals surface area (Å²) in [5.41, 5.74) is 7.50. The fourth-order valence-corrected chi connectivity index (χ4v) is 1.92. The zero-order valence-corrected chi connectivity index (χ0v) is 11.8. The van der Waals surface area contributed by atoms with Gasteiger partial charge < -0.3 is 15.3 Å². The van der Waals surface area contributed by atoms with Crippen LogP contribution in [-0.2, 0) is 11.4 Å². The Hall–Kier alpha value is -2.20. The van der Waals surface area contributed by atoms with Crippen LogP contribution in [0.5, 0.6) is 5.75 Å². The lowest BCUT2D eigenvalue weighted by atomic mass is 10.2. The van der Waals surface area contributed by atoms with Crippen LogP contribution < -0.4 is 10.5 Å². The van der Waals surface area contributed by atoms with Gasteiger partial charge in [-0.05, 0) is 29.8 Å². The molecule has 0 aromatic heterocycles. The van der Waals surface area contributed by atoms with E-state index in [0.29, 0.717) is 22.9 Å². The molecule has 0 atom stereocenters. The van der Waals surface area contributed by atoms with Crippen LogP contribution in [0.15, 0.2) is 53.7 Å². The quantitative estimate of drug-likeness (QED) is 0.523. The molecule has 2 rings (SSSR count). The van der Waals surface area contributed by atoms with Crippen molar-refractivity contribution in [2.45, 2.75) is 6.61 Å². The number of nitrogens with two attached hydrogens (primary N) is 1. The van der Waals surface area contributed by atoms with E-state index in [0.717, 1.165) is 5.56 Å². The molecule has 0 spiro atoms. The summed E-state index contributed by atoms with van der Waals surface area (Å²) in [6.07, 6.45) is 0.